The minimum absolute atomic E-state index is 0.0816. The SMILES string of the molecule is O=C(CSc1nncn1-c1cccc(Cl)c1)NC1(c2ccc(F)cc2)CCCC1. The van der Waals surface area contributed by atoms with Crippen molar-refractivity contribution in [2.24, 2.45) is 0 Å². The molecular weight excluding hydrogens is 411 g/mol. The van der Waals surface area contributed by atoms with Crippen LogP contribution in [0.15, 0.2) is 60.0 Å². The molecule has 2 aromatic carbocycles. The van der Waals surface area contributed by atoms with Crippen molar-refractivity contribution in [1.82, 2.24) is 20.1 Å². The predicted molar refractivity (Wildman–Crippen MR) is 112 cm³/mol. The summed E-state index contributed by atoms with van der Waals surface area (Å²) in [6.07, 6.45) is 5.38. The topological polar surface area (TPSA) is 59.8 Å². The Kier molecular flexibility index (Phi) is 5.87. The third kappa shape index (κ3) is 4.46. The molecular formula is C21H20ClFN4OS. The van der Waals surface area contributed by atoms with Crippen LogP contribution in [0.4, 0.5) is 4.39 Å². The van der Waals surface area contributed by atoms with Crippen molar-refractivity contribution in [2.75, 3.05) is 5.75 Å². The van der Waals surface area contributed by atoms with Crippen molar-refractivity contribution in [2.45, 2.75) is 36.4 Å². The van der Waals surface area contributed by atoms with Gasteiger partial charge in [0.1, 0.15) is 12.1 Å². The number of aromatic nitrogens is 3. The number of hydrogen-bond donors (Lipinski definition) is 1. The lowest BCUT2D eigenvalue weighted by Crippen LogP contribution is -2.44. The van der Waals surface area contributed by atoms with Crippen LogP contribution in [0.2, 0.25) is 5.02 Å². The molecule has 0 atom stereocenters. The van der Waals surface area contributed by atoms with E-state index in [1.807, 2.05) is 18.2 Å². The summed E-state index contributed by atoms with van der Waals surface area (Å²) in [5.74, 6) is -0.145. The van der Waals surface area contributed by atoms with Gasteiger partial charge >= 0.3 is 0 Å². The van der Waals surface area contributed by atoms with Crippen molar-refractivity contribution in [1.29, 1.82) is 0 Å². The summed E-state index contributed by atoms with van der Waals surface area (Å²) in [6, 6.07) is 13.8. The van der Waals surface area contributed by atoms with Gasteiger partial charge in [-0.25, -0.2) is 4.39 Å². The largest absolute Gasteiger partial charge is 0.346 e. The van der Waals surface area contributed by atoms with E-state index in [0.29, 0.717) is 10.2 Å². The van der Waals surface area contributed by atoms with Gasteiger partial charge in [0, 0.05) is 5.02 Å². The molecule has 0 bridgehead atoms. The zero-order valence-corrected chi connectivity index (χ0v) is 17.2. The Morgan fingerprint density at radius 3 is 2.69 bits per heavy atom. The van der Waals surface area contributed by atoms with Gasteiger partial charge < -0.3 is 5.32 Å². The second kappa shape index (κ2) is 8.55. The highest BCUT2D eigenvalue weighted by atomic mass is 35.5. The molecule has 1 aliphatic carbocycles. The Balaban J connectivity index is 1.45. The Hall–Kier alpha value is -2.38. The number of thioether (sulfide) groups is 1. The average Bonchev–Trinajstić information content (AvgIpc) is 3.37. The van der Waals surface area contributed by atoms with Crippen molar-refractivity contribution in [3.05, 3.63) is 71.3 Å². The van der Waals surface area contributed by atoms with Crippen molar-refractivity contribution in [3.63, 3.8) is 0 Å². The molecule has 0 spiro atoms. The van der Waals surface area contributed by atoms with Crippen molar-refractivity contribution < 1.29 is 9.18 Å². The zero-order valence-electron chi connectivity index (χ0n) is 15.6. The number of halogens is 2. The standard InChI is InChI=1S/C21H20ClFN4OS/c22-16-4-3-5-18(12-16)27-14-24-26-20(27)29-13-19(28)25-21(10-1-2-11-21)15-6-8-17(23)9-7-15/h3-9,12,14H,1-2,10-11,13H2,(H,25,28). The van der Waals surface area contributed by atoms with Crippen LogP contribution in [-0.2, 0) is 10.3 Å². The number of amides is 1. The second-order valence-corrected chi connectivity index (χ2v) is 8.48. The van der Waals surface area contributed by atoms with Crippen LogP contribution in [0.25, 0.3) is 5.69 Å². The minimum Gasteiger partial charge on any atom is -0.346 e. The Labute approximate surface area is 177 Å². The highest BCUT2D eigenvalue weighted by Crippen LogP contribution is 2.39. The summed E-state index contributed by atoms with van der Waals surface area (Å²) in [7, 11) is 0. The first-order chi connectivity index (χ1) is 14.1. The molecule has 1 heterocycles. The summed E-state index contributed by atoms with van der Waals surface area (Å²) in [4.78, 5) is 12.8. The van der Waals surface area contributed by atoms with Gasteiger partial charge in [0.05, 0.1) is 17.0 Å². The lowest BCUT2D eigenvalue weighted by atomic mass is 9.88. The van der Waals surface area contributed by atoms with E-state index < -0.39 is 5.54 Å². The summed E-state index contributed by atoms with van der Waals surface area (Å²) in [5, 5.41) is 12.5. The fourth-order valence-corrected chi connectivity index (χ4v) is 4.71. The number of carbonyl (C=O) groups is 1. The summed E-state index contributed by atoms with van der Waals surface area (Å²) in [6.45, 7) is 0. The van der Waals surface area contributed by atoms with Crippen molar-refractivity contribution in [3.8, 4) is 5.69 Å². The van der Waals surface area contributed by atoms with Gasteiger partial charge in [-0.05, 0) is 48.7 Å². The van der Waals surface area contributed by atoms with Crippen LogP contribution in [0.5, 0.6) is 0 Å². The van der Waals surface area contributed by atoms with Gasteiger partial charge in [-0.3, -0.25) is 9.36 Å². The van der Waals surface area contributed by atoms with Crippen LogP contribution >= 0.6 is 23.4 Å². The number of benzene rings is 2. The first kappa shape index (κ1) is 19.9. The van der Waals surface area contributed by atoms with E-state index >= 15 is 0 Å². The first-order valence-electron chi connectivity index (χ1n) is 9.42. The highest BCUT2D eigenvalue weighted by molar-refractivity contribution is 7.99. The van der Waals surface area contributed by atoms with E-state index in [-0.39, 0.29) is 17.5 Å². The number of rotatable bonds is 6. The Morgan fingerprint density at radius 1 is 1.21 bits per heavy atom. The Morgan fingerprint density at radius 2 is 1.97 bits per heavy atom. The predicted octanol–water partition coefficient (Wildman–Crippen LogP) is 4.74. The number of hydrogen-bond acceptors (Lipinski definition) is 4. The molecule has 0 aliphatic heterocycles. The van der Waals surface area contributed by atoms with Gasteiger partial charge in [0.25, 0.3) is 0 Å². The fourth-order valence-electron chi connectivity index (χ4n) is 3.79. The van der Waals surface area contributed by atoms with Crippen molar-refractivity contribution >= 4 is 29.3 Å². The molecule has 29 heavy (non-hydrogen) atoms. The molecule has 1 aromatic heterocycles. The van der Waals surface area contributed by atoms with E-state index in [9.17, 15) is 9.18 Å². The molecule has 3 aromatic rings. The van der Waals surface area contributed by atoms with Gasteiger partial charge in [0.15, 0.2) is 5.16 Å². The van der Waals surface area contributed by atoms with E-state index in [1.165, 1.54) is 23.9 Å². The van der Waals surface area contributed by atoms with Gasteiger partial charge in [-0.15, -0.1) is 10.2 Å². The number of nitrogens with zero attached hydrogens (tertiary/aromatic N) is 3. The van der Waals surface area contributed by atoms with Gasteiger partial charge in [-0.2, -0.15) is 0 Å². The molecule has 1 saturated carbocycles. The third-order valence-electron chi connectivity index (χ3n) is 5.17. The van der Waals surface area contributed by atoms with Crippen LogP contribution in [0.3, 0.4) is 0 Å². The maximum atomic E-state index is 13.3. The van der Waals surface area contributed by atoms with Crippen LogP contribution in [0.1, 0.15) is 31.2 Å². The van der Waals surface area contributed by atoms with Gasteiger partial charge in [0.2, 0.25) is 5.91 Å². The summed E-state index contributed by atoms with van der Waals surface area (Å²) < 4.78 is 15.1. The Bertz CT molecular complexity index is 1000. The molecule has 0 unspecified atom stereocenters. The molecule has 0 radical (unpaired) electrons. The van der Waals surface area contributed by atoms with Gasteiger partial charge in [-0.1, -0.05) is 54.4 Å². The molecule has 4 rings (SSSR count). The quantitative estimate of drug-likeness (QED) is 0.574. The maximum absolute atomic E-state index is 13.3. The zero-order chi connectivity index (χ0) is 20.3. The smallest absolute Gasteiger partial charge is 0.231 e. The molecule has 1 amide bonds. The molecule has 1 N–H and O–H groups in total. The summed E-state index contributed by atoms with van der Waals surface area (Å²) in [5.41, 5.74) is 1.37. The molecule has 5 nitrogen and oxygen atoms in total. The summed E-state index contributed by atoms with van der Waals surface area (Å²) >= 11 is 7.39. The molecule has 0 saturated heterocycles. The third-order valence-corrected chi connectivity index (χ3v) is 6.35. The monoisotopic (exact) mass is 430 g/mol. The number of nitrogens with one attached hydrogen (secondary N) is 1. The molecule has 1 fully saturated rings. The van der Waals surface area contributed by atoms with E-state index in [4.69, 9.17) is 11.6 Å². The normalized spacial score (nSPS) is 15.4. The van der Waals surface area contributed by atoms with Crippen LogP contribution in [0, 0.1) is 5.82 Å². The van der Waals surface area contributed by atoms with E-state index in [2.05, 4.69) is 15.5 Å². The minimum atomic E-state index is -0.425. The highest BCUT2D eigenvalue weighted by Gasteiger charge is 2.37. The average molecular weight is 431 g/mol. The molecule has 1 aliphatic rings. The molecule has 8 heteroatoms. The van der Waals surface area contributed by atoms with Crippen LogP contribution in [-0.4, -0.2) is 26.4 Å². The van der Waals surface area contributed by atoms with Crippen LogP contribution < -0.4 is 5.32 Å². The number of carbonyl (C=O) groups excluding carboxylic acids is 1. The fraction of sp³-hybridized carbons (Fsp3) is 0.286. The lowest BCUT2D eigenvalue weighted by molar-refractivity contribution is -0.120. The van der Waals surface area contributed by atoms with E-state index in [1.54, 1.807) is 29.1 Å². The molecule has 150 valence electrons. The van der Waals surface area contributed by atoms with E-state index in [0.717, 1.165) is 36.9 Å². The first-order valence-corrected chi connectivity index (χ1v) is 10.8. The maximum Gasteiger partial charge on any atom is 0.231 e. The second-order valence-electron chi connectivity index (χ2n) is 7.10. The lowest BCUT2D eigenvalue weighted by Gasteiger charge is -2.31.